The summed E-state index contributed by atoms with van der Waals surface area (Å²) in [5.74, 6) is -0.0517. The van der Waals surface area contributed by atoms with E-state index in [1.54, 1.807) is 0 Å². The van der Waals surface area contributed by atoms with E-state index in [2.05, 4.69) is 4.90 Å². The van der Waals surface area contributed by atoms with Gasteiger partial charge in [0.05, 0.1) is 13.0 Å². The number of hydrogen-bond donors (Lipinski definition) is 0. The molecule has 3 fully saturated rings. The molecule has 27 heavy (non-hydrogen) atoms. The number of carbonyl (C=O) groups excluding carboxylic acids is 2. The van der Waals surface area contributed by atoms with Gasteiger partial charge >= 0.3 is 12.0 Å². The highest BCUT2D eigenvalue weighted by Crippen LogP contribution is 2.43. The molecular formula is C21H27FN2O3. The summed E-state index contributed by atoms with van der Waals surface area (Å²) in [5, 5.41) is 0. The summed E-state index contributed by atoms with van der Waals surface area (Å²) in [6, 6.07) is 7.49. The Bertz CT molecular complexity index is 686. The van der Waals surface area contributed by atoms with E-state index in [0.717, 1.165) is 25.7 Å². The molecule has 0 saturated carbocycles. The molecule has 1 aromatic rings. The Hall–Kier alpha value is -2.11. The lowest BCUT2D eigenvalue weighted by molar-refractivity contribution is -0.146. The molecule has 4 rings (SSSR count). The Kier molecular flexibility index (Phi) is 5.06. The van der Waals surface area contributed by atoms with Gasteiger partial charge in [-0.25, -0.2) is 9.18 Å². The molecule has 0 aromatic heterocycles. The first-order valence-corrected chi connectivity index (χ1v) is 9.97. The lowest BCUT2D eigenvalue weighted by Gasteiger charge is -2.43. The van der Waals surface area contributed by atoms with Crippen LogP contribution in [0.5, 0.6) is 0 Å². The summed E-state index contributed by atoms with van der Waals surface area (Å²) in [4.78, 5) is 28.8. The first-order chi connectivity index (χ1) is 13.1. The van der Waals surface area contributed by atoms with Crippen molar-refractivity contribution in [3.05, 3.63) is 35.6 Å². The van der Waals surface area contributed by atoms with Crippen molar-refractivity contribution in [2.24, 2.45) is 5.92 Å². The van der Waals surface area contributed by atoms with Crippen molar-refractivity contribution in [1.29, 1.82) is 0 Å². The number of hydrogen-bond acceptors (Lipinski definition) is 3. The molecule has 6 heteroatoms. The van der Waals surface area contributed by atoms with Crippen molar-refractivity contribution in [3.8, 4) is 0 Å². The number of piperidine rings is 2. The van der Waals surface area contributed by atoms with E-state index in [4.69, 9.17) is 4.74 Å². The highest BCUT2D eigenvalue weighted by atomic mass is 19.1. The van der Waals surface area contributed by atoms with Crippen molar-refractivity contribution in [2.45, 2.75) is 56.5 Å². The summed E-state index contributed by atoms with van der Waals surface area (Å²) < 4.78 is 18.0. The fraction of sp³-hybridized carbons (Fsp3) is 0.619. The fourth-order valence-electron chi connectivity index (χ4n) is 5.13. The summed E-state index contributed by atoms with van der Waals surface area (Å²) in [6.45, 7) is 1.24. The van der Waals surface area contributed by atoms with Crippen LogP contribution in [0.15, 0.2) is 24.3 Å². The minimum Gasteiger partial charge on any atom is -0.469 e. The molecule has 2 atom stereocenters. The van der Waals surface area contributed by atoms with Crippen molar-refractivity contribution in [3.63, 3.8) is 0 Å². The number of likely N-dealkylation sites (tertiary alicyclic amines) is 1. The first kappa shape index (κ1) is 18.3. The van der Waals surface area contributed by atoms with Crippen LogP contribution in [-0.4, -0.2) is 54.1 Å². The molecule has 3 heterocycles. The number of methoxy groups -OCH3 is 1. The number of ether oxygens (including phenoxy) is 1. The topological polar surface area (TPSA) is 49.9 Å². The number of benzene rings is 1. The van der Waals surface area contributed by atoms with Gasteiger partial charge in [0.1, 0.15) is 5.82 Å². The zero-order valence-corrected chi connectivity index (χ0v) is 15.8. The van der Waals surface area contributed by atoms with Gasteiger partial charge in [-0.1, -0.05) is 12.1 Å². The summed E-state index contributed by atoms with van der Waals surface area (Å²) in [7, 11) is 1.42. The lowest BCUT2D eigenvalue weighted by atomic mass is 9.85. The summed E-state index contributed by atoms with van der Waals surface area (Å²) in [6.07, 6.45) is 5.36. The maximum atomic E-state index is 13.2. The summed E-state index contributed by atoms with van der Waals surface area (Å²) >= 11 is 0. The highest BCUT2D eigenvalue weighted by molar-refractivity contribution is 5.77. The van der Waals surface area contributed by atoms with E-state index in [1.807, 2.05) is 17.0 Å². The van der Waals surface area contributed by atoms with Crippen LogP contribution >= 0.6 is 0 Å². The van der Waals surface area contributed by atoms with Gasteiger partial charge in [0.2, 0.25) is 0 Å². The Labute approximate surface area is 159 Å². The molecule has 3 aliphatic heterocycles. The number of fused-ring (bicyclic) bond motifs is 2. The standard InChI is InChI=1S/C21H27FN2O3/c1-27-20(25)15-8-10-23(11-9-15)21(26)24-18-6-7-19(24)13-16(12-18)14-2-4-17(22)5-3-14/h2-5,15-16,18-19H,6-13H2,1H3. The number of rotatable bonds is 2. The van der Waals surface area contributed by atoms with E-state index in [1.165, 1.54) is 24.8 Å². The molecule has 2 unspecified atom stereocenters. The van der Waals surface area contributed by atoms with Gasteiger partial charge < -0.3 is 14.5 Å². The Morgan fingerprint density at radius 3 is 2.15 bits per heavy atom. The largest absolute Gasteiger partial charge is 0.469 e. The van der Waals surface area contributed by atoms with Crippen LogP contribution in [0.2, 0.25) is 0 Å². The van der Waals surface area contributed by atoms with E-state index >= 15 is 0 Å². The molecular weight excluding hydrogens is 347 g/mol. The van der Waals surface area contributed by atoms with Crippen LogP contribution in [0, 0.1) is 11.7 Å². The number of amides is 2. The monoisotopic (exact) mass is 374 g/mol. The second kappa shape index (κ2) is 7.49. The average molecular weight is 374 g/mol. The van der Waals surface area contributed by atoms with Crippen LogP contribution < -0.4 is 0 Å². The normalized spacial score (nSPS) is 28.3. The average Bonchev–Trinajstić information content (AvgIpc) is 2.96. The quantitative estimate of drug-likeness (QED) is 0.744. The molecule has 0 radical (unpaired) electrons. The van der Waals surface area contributed by atoms with Crippen LogP contribution in [0.25, 0.3) is 0 Å². The second-order valence-corrected chi connectivity index (χ2v) is 8.08. The first-order valence-electron chi connectivity index (χ1n) is 9.97. The third-order valence-corrected chi connectivity index (χ3v) is 6.60. The smallest absolute Gasteiger partial charge is 0.320 e. The van der Waals surface area contributed by atoms with Gasteiger partial charge in [0.25, 0.3) is 0 Å². The molecule has 3 saturated heterocycles. The number of nitrogens with zero attached hydrogens (tertiary/aromatic N) is 2. The zero-order valence-electron chi connectivity index (χ0n) is 15.8. The maximum absolute atomic E-state index is 13.2. The predicted octanol–water partition coefficient (Wildman–Crippen LogP) is 3.54. The molecule has 1 aromatic carbocycles. The van der Waals surface area contributed by atoms with Gasteiger partial charge in [0, 0.05) is 25.2 Å². The van der Waals surface area contributed by atoms with Crippen molar-refractivity contribution in [2.75, 3.05) is 20.2 Å². The third-order valence-electron chi connectivity index (χ3n) is 6.60. The molecule has 5 nitrogen and oxygen atoms in total. The molecule has 3 aliphatic rings. The Morgan fingerprint density at radius 1 is 1.00 bits per heavy atom. The molecule has 2 amide bonds. The van der Waals surface area contributed by atoms with Crippen molar-refractivity contribution >= 4 is 12.0 Å². The SMILES string of the molecule is COC(=O)C1CCN(C(=O)N2C3CCC2CC(c2ccc(F)cc2)C3)CC1. The highest BCUT2D eigenvalue weighted by Gasteiger charge is 2.45. The molecule has 0 N–H and O–H groups in total. The van der Waals surface area contributed by atoms with E-state index in [0.29, 0.717) is 31.8 Å². The van der Waals surface area contributed by atoms with Crippen LogP contribution in [0.4, 0.5) is 9.18 Å². The van der Waals surface area contributed by atoms with Crippen LogP contribution in [-0.2, 0) is 9.53 Å². The number of carbonyl (C=O) groups is 2. The maximum Gasteiger partial charge on any atom is 0.320 e. The molecule has 0 aliphatic carbocycles. The van der Waals surface area contributed by atoms with E-state index < -0.39 is 0 Å². The number of halogens is 1. The predicted molar refractivity (Wildman–Crippen MR) is 98.7 cm³/mol. The second-order valence-electron chi connectivity index (χ2n) is 8.08. The molecule has 0 spiro atoms. The minimum absolute atomic E-state index is 0.0833. The van der Waals surface area contributed by atoms with Crippen molar-refractivity contribution < 1.29 is 18.7 Å². The molecule has 2 bridgehead atoms. The fourth-order valence-corrected chi connectivity index (χ4v) is 5.13. The zero-order chi connectivity index (χ0) is 19.0. The lowest BCUT2D eigenvalue weighted by Crippen LogP contribution is -2.53. The van der Waals surface area contributed by atoms with Gasteiger partial charge in [-0.15, -0.1) is 0 Å². The van der Waals surface area contributed by atoms with Gasteiger partial charge in [0.15, 0.2) is 0 Å². The van der Waals surface area contributed by atoms with Gasteiger partial charge in [-0.3, -0.25) is 4.79 Å². The third kappa shape index (κ3) is 3.54. The number of esters is 1. The Balaban J connectivity index is 1.39. The summed E-state index contributed by atoms with van der Waals surface area (Å²) in [5.41, 5.74) is 1.18. The Morgan fingerprint density at radius 2 is 1.59 bits per heavy atom. The van der Waals surface area contributed by atoms with Gasteiger partial charge in [-0.05, 0) is 62.1 Å². The minimum atomic E-state index is -0.204. The van der Waals surface area contributed by atoms with Crippen LogP contribution in [0.3, 0.4) is 0 Å². The number of urea groups is 1. The van der Waals surface area contributed by atoms with Crippen LogP contribution in [0.1, 0.15) is 50.0 Å². The molecule has 146 valence electrons. The van der Waals surface area contributed by atoms with E-state index in [9.17, 15) is 14.0 Å². The van der Waals surface area contributed by atoms with Crippen molar-refractivity contribution in [1.82, 2.24) is 9.80 Å². The van der Waals surface area contributed by atoms with E-state index in [-0.39, 0.29) is 35.8 Å². The van der Waals surface area contributed by atoms with Gasteiger partial charge in [-0.2, -0.15) is 0 Å².